The number of rotatable bonds is 0. The van der Waals surface area contributed by atoms with E-state index in [0.29, 0.717) is 26.2 Å². The van der Waals surface area contributed by atoms with E-state index >= 15 is 0 Å². The molecule has 2 bridgehead atoms. The molecule has 0 spiro atoms. The Labute approximate surface area is 138 Å². The average molecular weight is 327 g/mol. The first-order chi connectivity index (χ1) is 10.5. The van der Waals surface area contributed by atoms with Crippen molar-refractivity contribution in [3.05, 3.63) is 0 Å². The Morgan fingerprint density at radius 2 is 1.30 bits per heavy atom. The van der Waals surface area contributed by atoms with E-state index in [-0.39, 0.29) is 24.3 Å². The van der Waals surface area contributed by atoms with Gasteiger partial charge < -0.3 is 19.7 Å². The van der Waals surface area contributed by atoms with Crippen LogP contribution in [0.1, 0.15) is 41.5 Å². The largest absolute Gasteiger partial charge is 0.444 e. The fourth-order valence-corrected chi connectivity index (χ4v) is 2.89. The lowest BCUT2D eigenvalue weighted by molar-refractivity contribution is -0.0405. The fourth-order valence-electron chi connectivity index (χ4n) is 2.89. The van der Waals surface area contributed by atoms with E-state index in [9.17, 15) is 9.59 Å². The van der Waals surface area contributed by atoms with Crippen molar-refractivity contribution in [2.45, 2.75) is 64.8 Å². The van der Waals surface area contributed by atoms with Gasteiger partial charge in [0.2, 0.25) is 0 Å². The zero-order chi connectivity index (χ0) is 17.4. The summed E-state index contributed by atoms with van der Waals surface area (Å²) in [4.78, 5) is 28.2. The van der Waals surface area contributed by atoms with E-state index in [1.165, 1.54) is 0 Å². The van der Waals surface area contributed by atoms with Crippen LogP contribution < -0.4 is 5.32 Å². The summed E-state index contributed by atoms with van der Waals surface area (Å²) >= 11 is 0. The summed E-state index contributed by atoms with van der Waals surface area (Å²) in [5, 5.41) is 3.31. The van der Waals surface area contributed by atoms with E-state index in [1.807, 2.05) is 41.5 Å². The lowest BCUT2D eigenvalue weighted by Crippen LogP contribution is -2.70. The minimum Gasteiger partial charge on any atom is -0.444 e. The van der Waals surface area contributed by atoms with Crippen LogP contribution in [0.25, 0.3) is 0 Å². The van der Waals surface area contributed by atoms with Crippen molar-refractivity contribution in [2.75, 3.05) is 26.2 Å². The Morgan fingerprint density at radius 1 is 0.870 bits per heavy atom. The summed E-state index contributed by atoms with van der Waals surface area (Å²) in [6.07, 6.45) is -0.629. The molecule has 0 aromatic carbocycles. The Balaban J connectivity index is 2.06. The van der Waals surface area contributed by atoms with Crippen molar-refractivity contribution in [2.24, 2.45) is 0 Å². The second-order valence-electron chi connectivity index (χ2n) is 8.24. The van der Waals surface area contributed by atoms with Gasteiger partial charge in [0.05, 0.1) is 12.1 Å². The van der Waals surface area contributed by atoms with Gasteiger partial charge in [-0.3, -0.25) is 4.90 Å². The molecule has 0 aliphatic carbocycles. The molecule has 2 rings (SSSR count). The third kappa shape index (κ3) is 4.73. The van der Waals surface area contributed by atoms with Crippen LogP contribution in [0.4, 0.5) is 9.59 Å². The third-order valence-corrected chi connectivity index (χ3v) is 3.66. The fraction of sp³-hybridized carbons (Fsp3) is 0.875. The SMILES string of the molecule is CC(C)(C)OC(=O)N1CC2CNCC(C1)N2C(=O)OC(C)(C)C. The number of carbonyl (C=O) groups excluding carboxylic acids is 2. The monoisotopic (exact) mass is 327 g/mol. The van der Waals surface area contributed by atoms with Crippen LogP contribution in [0.5, 0.6) is 0 Å². The van der Waals surface area contributed by atoms with Gasteiger partial charge in [0, 0.05) is 26.2 Å². The molecule has 132 valence electrons. The summed E-state index contributed by atoms with van der Waals surface area (Å²) in [6, 6.07) is -0.185. The van der Waals surface area contributed by atoms with Crippen LogP contribution in [0.3, 0.4) is 0 Å². The molecule has 7 heteroatoms. The van der Waals surface area contributed by atoms with Gasteiger partial charge in [-0.25, -0.2) is 9.59 Å². The van der Waals surface area contributed by atoms with E-state index < -0.39 is 11.2 Å². The second kappa shape index (κ2) is 6.19. The van der Waals surface area contributed by atoms with E-state index in [2.05, 4.69) is 5.32 Å². The molecule has 2 aliphatic rings. The number of hydrogen-bond acceptors (Lipinski definition) is 5. The summed E-state index contributed by atoms with van der Waals surface area (Å²) < 4.78 is 11.0. The molecule has 0 saturated carbocycles. The number of ether oxygens (including phenoxy) is 2. The van der Waals surface area contributed by atoms with Gasteiger partial charge in [0.15, 0.2) is 0 Å². The molecule has 2 amide bonds. The smallest absolute Gasteiger partial charge is 0.411 e. The summed E-state index contributed by atoms with van der Waals surface area (Å²) in [7, 11) is 0. The highest BCUT2D eigenvalue weighted by Gasteiger charge is 2.44. The van der Waals surface area contributed by atoms with Gasteiger partial charge in [-0.15, -0.1) is 0 Å². The Kier molecular flexibility index (Phi) is 4.80. The minimum atomic E-state index is -0.527. The van der Waals surface area contributed by atoms with Crippen molar-refractivity contribution in [1.82, 2.24) is 15.1 Å². The minimum absolute atomic E-state index is 0.0927. The number of hydrogen-bond donors (Lipinski definition) is 1. The van der Waals surface area contributed by atoms with Crippen molar-refractivity contribution < 1.29 is 19.1 Å². The first-order valence-electron chi connectivity index (χ1n) is 8.16. The standard InChI is InChI=1S/C16H29N3O4/c1-15(2,3)22-13(20)18-9-11-7-17-8-12(10-18)19(11)14(21)23-16(4,5)6/h11-12,17H,7-10H2,1-6H3. The molecule has 2 aliphatic heterocycles. The Morgan fingerprint density at radius 3 is 1.74 bits per heavy atom. The van der Waals surface area contributed by atoms with Crippen LogP contribution >= 0.6 is 0 Å². The van der Waals surface area contributed by atoms with Gasteiger partial charge in [-0.05, 0) is 41.5 Å². The molecule has 1 N–H and O–H groups in total. The second-order valence-corrected chi connectivity index (χ2v) is 8.24. The molecule has 2 atom stereocenters. The third-order valence-electron chi connectivity index (χ3n) is 3.66. The number of amides is 2. The Bertz CT molecular complexity index is 453. The lowest BCUT2D eigenvalue weighted by Gasteiger charge is -2.49. The van der Waals surface area contributed by atoms with Crippen molar-refractivity contribution in [3.63, 3.8) is 0 Å². The molecular formula is C16H29N3O4. The molecule has 0 aromatic heterocycles. The zero-order valence-electron chi connectivity index (χ0n) is 15.0. The maximum atomic E-state index is 12.5. The molecule has 23 heavy (non-hydrogen) atoms. The maximum Gasteiger partial charge on any atom is 0.411 e. The van der Waals surface area contributed by atoms with Crippen LogP contribution in [0.15, 0.2) is 0 Å². The molecule has 7 nitrogen and oxygen atoms in total. The van der Waals surface area contributed by atoms with Gasteiger partial charge in [0.25, 0.3) is 0 Å². The van der Waals surface area contributed by atoms with Crippen molar-refractivity contribution in [1.29, 1.82) is 0 Å². The quantitative estimate of drug-likeness (QED) is 0.735. The maximum absolute atomic E-state index is 12.5. The summed E-state index contributed by atoms with van der Waals surface area (Å²) in [5.74, 6) is 0. The van der Waals surface area contributed by atoms with E-state index in [1.54, 1.807) is 9.80 Å². The predicted octanol–water partition coefficient (Wildman–Crippen LogP) is 1.81. The number of carbonyl (C=O) groups is 2. The Hall–Kier alpha value is -1.50. The van der Waals surface area contributed by atoms with Crippen LogP contribution in [0, 0.1) is 0 Å². The van der Waals surface area contributed by atoms with Crippen molar-refractivity contribution in [3.8, 4) is 0 Å². The van der Waals surface area contributed by atoms with Crippen LogP contribution in [-0.2, 0) is 9.47 Å². The summed E-state index contributed by atoms with van der Waals surface area (Å²) in [6.45, 7) is 13.3. The molecule has 2 heterocycles. The molecule has 2 unspecified atom stereocenters. The van der Waals surface area contributed by atoms with Crippen LogP contribution in [-0.4, -0.2) is 71.5 Å². The predicted molar refractivity (Wildman–Crippen MR) is 86.3 cm³/mol. The van der Waals surface area contributed by atoms with Gasteiger partial charge in [0.1, 0.15) is 11.2 Å². The molecule has 0 aromatic rings. The number of nitrogens with one attached hydrogen (secondary N) is 1. The van der Waals surface area contributed by atoms with Crippen molar-refractivity contribution >= 4 is 12.2 Å². The molecule has 2 fully saturated rings. The van der Waals surface area contributed by atoms with Gasteiger partial charge >= 0.3 is 12.2 Å². The first-order valence-corrected chi connectivity index (χ1v) is 8.16. The van der Waals surface area contributed by atoms with Gasteiger partial charge in [-0.2, -0.15) is 0 Å². The summed E-state index contributed by atoms with van der Waals surface area (Å²) in [5.41, 5.74) is -1.05. The lowest BCUT2D eigenvalue weighted by atomic mass is 10.0. The number of fused-ring (bicyclic) bond motifs is 2. The zero-order valence-corrected chi connectivity index (χ0v) is 15.0. The molecular weight excluding hydrogens is 298 g/mol. The van der Waals surface area contributed by atoms with E-state index in [4.69, 9.17) is 9.47 Å². The highest BCUT2D eigenvalue weighted by molar-refractivity contribution is 5.72. The van der Waals surface area contributed by atoms with Gasteiger partial charge in [-0.1, -0.05) is 0 Å². The first kappa shape index (κ1) is 17.8. The average Bonchev–Trinajstić information content (AvgIpc) is 2.32. The topological polar surface area (TPSA) is 71.1 Å². The number of piperazine rings is 2. The highest BCUT2D eigenvalue weighted by Crippen LogP contribution is 2.23. The molecule has 0 radical (unpaired) electrons. The molecule has 2 saturated heterocycles. The van der Waals surface area contributed by atoms with Crippen LogP contribution in [0.2, 0.25) is 0 Å². The number of nitrogens with zero attached hydrogens (tertiary/aromatic N) is 2. The normalized spacial score (nSPS) is 25.1. The highest BCUT2D eigenvalue weighted by atomic mass is 16.6. The van der Waals surface area contributed by atoms with E-state index in [0.717, 1.165) is 0 Å².